The highest BCUT2D eigenvalue weighted by molar-refractivity contribution is 5.87. The minimum Gasteiger partial charge on any atom is -0.496 e. The SMILES string of the molecule is COc1cc(OC)c(C2Nc3ccccc3-c3nc4ccccc4n32)cc1OC. The van der Waals surface area contributed by atoms with Gasteiger partial charge in [-0.2, -0.15) is 0 Å². The predicted octanol–water partition coefficient (Wildman–Crippen LogP) is 4.70. The van der Waals surface area contributed by atoms with E-state index in [-0.39, 0.29) is 6.17 Å². The number of hydrogen-bond donors (Lipinski definition) is 1. The molecule has 2 heterocycles. The Labute approximate surface area is 168 Å². The van der Waals surface area contributed by atoms with Crippen LogP contribution in [0.1, 0.15) is 11.7 Å². The molecule has 1 N–H and O–H groups in total. The zero-order valence-corrected chi connectivity index (χ0v) is 16.5. The molecule has 1 aliphatic rings. The fraction of sp³-hybridized carbons (Fsp3) is 0.174. The van der Waals surface area contributed by atoms with Crippen LogP contribution in [0.2, 0.25) is 0 Å². The highest BCUT2D eigenvalue weighted by Crippen LogP contribution is 2.45. The molecule has 0 aliphatic carbocycles. The second-order valence-corrected chi connectivity index (χ2v) is 6.84. The van der Waals surface area contributed by atoms with Crippen molar-refractivity contribution in [3.8, 4) is 28.6 Å². The van der Waals surface area contributed by atoms with Crippen molar-refractivity contribution >= 4 is 16.7 Å². The van der Waals surface area contributed by atoms with E-state index in [0.717, 1.165) is 33.7 Å². The summed E-state index contributed by atoms with van der Waals surface area (Å²) < 4.78 is 19.0. The minimum atomic E-state index is -0.220. The molecule has 0 fully saturated rings. The lowest BCUT2D eigenvalue weighted by atomic mass is 10.0. The lowest BCUT2D eigenvalue weighted by Gasteiger charge is -2.31. The normalized spacial score (nSPS) is 14.7. The van der Waals surface area contributed by atoms with Crippen molar-refractivity contribution in [2.24, 2.45) is 0 Å². The summed E-state index contributed by atoms with van der Waals surface area (Å²) in [6.45, 7) is 0. The van der Waals surface area contributed by atoms with Crippen molar-refractivity contribution < 1.29 is 14.2 Å². The predicted molar refractivity (Wildman–Crippen MR) is 113 cm³/mol. The number of aromatic nitrogens is 2. The fourth-order valence-corrected chi connectivity index (χ4v) is 4.00. The Kier molecular flexibility index (Phi) is 4.05. The molecule has 6 heteroatoms. The highest BCUT2D eigenvalue weighted by atomic mass is 16.5. The van der Waals surface area contributed by atoms with Gasteiger partial charge in [0, 0.05) is 22.9 Å². The van der Waals surface area contributed by atoms with E-state index in [0.29, 0.717) is 17.2 Å². The number of fused-ring (bicyclic) bond motifs is 5. The second kappa shape index (κ2) is 6.74. The lowest BCUT2D eigenvalue weighted by molar-refractivity contribution is 0.346. The Balaban J connectivity index is 1.80. The van der Waals surface area contributed by atoms with Gasteiger partial charge in [0.15, 0.2) is 11.5 Å². The summed E-state index contributed by atoms with van der Waals surface area (Å²) in [4.78, 5) is 4.93. The van der Waals surface area contributed by atoms with Gasteiger partial charge in [-0.25, -0.2) is 4.98 Å². The van der Waals surface area contributed by atoms with Crippen molar-refractivity contribution in [1.29, 1.82) is 0 Å². The van der Waals surface area contributed by atoms with Gasteiger partial charge < -0.3 is 19.5 Å². The molecule has 0 radical (unpaired) electrons. The number of para-hydroxylation sites is 3. The third-order valence-electron chi connectivity index (χ3n) is 5.34. The minimum absolute atomic E-state index is 0.220. The molecule has 5 rings (SSSR count). The van der Waals surface area contributed by atoms with Crippen LogP contribution >= 0.6 is 0 Å². The molecule has 0 spiro atoms. The van der Waals surface area contributed by atoms with Gasteiger partial charge in [0.25, 0.3) is 0 Å². The maximum absolute atomic E-state index is 5.72. The number of imidazole rings is 1. The molecular weight excluding hydrogens is 366 g/mol. The molecule has 0 saturated heterocycles. The smallest absolute Gasteiger partial charge is 0.164 e. The van der Waals surface area contributed by atoms with Gasteiger partial charge >= 0.3 is 0 Å². The van der Waals surface area contributed by atoms with Crippen LogP contribution in [0.3, 0.4) is 0 Å². The summed E-state index contributed by atoms with van der Waals surface area (Å²) in [7, 11) is 4.91. The molecule has 4 aromatic rings. The van der Waals surface area contributed by atoms with Crippen molar-refractivity contribution in [2.45, 2.75) is 6.17 Å². The summed E-state index contributed by atoms with van der Waals surface area (Å²) in [5, 5.41) is 3.66. The van der Waals surface area contributed by atoms with Crippen LogP contribution < -0.4 is 19.5 Å². The molecule has 3 aromatic carbocycles. The molecule has 1 aromatic heterocycles. The molecule has 146 valence electrons. The number of nitrogens with zero attached hydrogens (tertiary/aromatic N) is 2. The molecular formula is C23H21N3O3. The van der Waals surface area contributed by atoms with E-state index in [2.05, 4.69) is 28.1 Å². The van der Waals surface area contributed by atoms with Gasteiger partial charge in [-0.1, -0.05) is 24.3 Å². The zero-order chi connectivity index (χ0) is 20.0. The van der Waals surface area contributed by atoms with Crippen LogP contribution in [-0.4, -0.2) is 30.9 Å². The third-order valence-corrected chi connectivity index (χ3v) is 5.34. The van der Waals surface area contributed by atoms with Crippen molar-refractivity contribution in [3.63, 3.8) is 0 Å². The van der Waals surface area contributed by atoms with Crippen LogP contribution in [0, 0.1) is 0 Å². The average molecular weight is 387 g/mol. The average Bonchev–Trinajstić information content (AvgIpc) is 3.17. The van der Waals surface area contributed by atoms with E-state index < -0.39 is 0 Å². The molecule has 1 aliphatic heterocycles. The van der Waals surface area contributed by atoms with E-state index in [1.165, 1.54) is 0 Å². The quantitative estimate of drug-likeness (QED) is 0.550. The topological polar surface area (TPSA) is 57.5 Å². The van der Waals surface area contributed by atoms with E-state index in [4.69, 9.17) is 19.2 Å². The Morgan fingerprint density at radius 2 is 1.52 bits per heavy atom. The van der Waals surface area contributed by atoms with Crippen LogP contribution in [0.4, 0.5) is 5.69 Å². The molecule has 1 atom stereocenters. The number of ether oxygens (including phenoxy) is 3. The number of benzene rings is 3. The summed E-state index contributed by atoms with van der Waals surface area (Å²) >= 11 is 0. The maximum Gasteiger partial charge on any atom is 0.164 e. The van der Waals surface area contributed by atoms with Crippen molar-refractivity contribution in [1.82, 2.24) is 9.55 Å². The highest BCUT2D eigenvalue weighted by Gasteiger charge is 2.30. The monoisotopic (exact) mass is 387 g/mol. The third kappa shape index (κ3) is 2.60. The molecule has 0 bridgehead atoms. The first kappa shape index (κ1) is 17.4. The molecule has 29 heavy (non-hydrogen) atoms. The fourth-order valence-electron chi connectivity index (χ4n) is 4.00. The summed E-state index contributed by atoms with van der Waals surface area (Å²) in [5.74, 6) is 2.90. The first-order valence-corrected chi connectivity index (χ1v) is 9.38. The van der Waals surface area contributed by atoms with E-state index in [9.17, 15) is 0 Å². The number of rotatable bonds is 4. The van der Waals surface area contributed by atoms with Crippen molar-refractivity contribution in [2.75, 3.05) is 26.6 Å². The standard InChI is InChI=1S/C23H21N3O3/c1-27-19-13-21(29-3)20(28-2)12-15(19)23-24-16-9-5-4-8-14(16)22-25-17-10-6-7-11-18(17)26(22)23/h4-13,23-24H,1-3H3. The van der Waals surface area contributed by atoms with Gasteiger partial charge in [0.2, 0.25) is 0 Å². The van der Waals surface area contributed by atoms with Crippen LogP contribution in [0.25, 0.3) is 22.4 Å². The van der Waals surface area contributed by atoms with Crippen LogP contribution in [-0.2, 0) is 0 Å². The molecule has 0 saturated carbocycles. The number of anilines is 1. The van der Waals surface area contributed by atoms with Gasteiger partial charge in [-0.15, -0.1) is 0 Å². The number of methoxy groups -OCH3 is 3. The Hall–Kier alpha value is -3.67. The van der Waals surface area contributed by atoms with Gasteiger partial charge in [0.1, 0.15) is 17.7 Å². The number of nitrogens with one attached hydrogen (secondary N) is 1. The zero-order valence-electron chi connectivity index (χ0n) is 16.5. The Morgan fingerprint density at radius 1 is 0.828 bits per heavy atom. The Bertz CT molecular complexity index is 1220. The van der Waals surface area contributed by atoms with Crippen molar-refractivity contribution in [3.05, 3.63) is 66.2 Å². The van der Waals surface area contributed by atoms with Gasteiger partial charge in [-0.05, 0) is 30.3 Å². The summed E-state index contributed by atoms with van der Waals surface area (Å²) in [5.41, 5.74) is 5.03. The second-order valence-electron chi connectivity index (χ2n) is 6.84. The van der Waals surface area contributed by atoms with E-state index in [1.807, 2.05) is 42.5 Å². The van der Waals surface area contributed by atoms with E-state index in [1.54, 1.807) is 21.3 Å². The lowest BCUT2D eigenvalue weighted by Crippen LogP contribution is -2.25. The summed E-state index contributed by atoms with van der Waals surface area (Å²) in [6.07, 6.45) is -0.220. The Morgan fingerprint density at radius 3 is 2.31 bits per heavy atom. The first-order valence-electron chi connectivity index (χ1n) is 9.38. The molecule has 6 nitrogen and oxygen atoms in total. The van der Waals surface area contributed by atoms with Crippen LogP contribution in [0.5, 0.6) is 17.2 Å². The maximum atomic E-state index is 5.72. The van der Waals surface area contributed by atoms with Gasteiger partial charge in [0.05, 0.1) is 32.4 Å². The molecule has 0 amide bonds. The van der Waals surface area contributed by atoms with Gasteiger partial charge in [-0.3, -0.25) is 4.57 Å². The van der Waals surface area contributed by atoms with E-state index >= 15 is 0 Å². The summed E-state index contributed by atoms with van der Waals surface area (Å²) in [6, 6.07) is 20.2. The molecule has 1 unspecified atom stereocenters. The first-order chi connectivity index (χ1) is 14.2. The largest absolute Gasteiger partial charge is 0.496 e. The number of hydrogen-bond acceptors (Lipinski definition) is 5. The van der Waals surface area contributed by atoms with Crippen LogP contribution in [0.15, 0.2) is 60.7 Å².